The number of hydrogen-bond acceptors (Lipinski definition) is 2. The van der Waals surface area contributed by atoms with E-state index in [2.05, 4.69) is 48.5 Å². The van der Waals surface area contributed by atoms with Gasteiger partial charge in [-0.25, -0.2) is 0 Å². The molecule has 116 valence electrons. The second-order valence-electron chi connectivity index (χ2n) is 7.76. The van der Waals surface area contributed by atoms with Gasteiger partial charge in [0.2, 0.25) is 0 Å². The zero-order valence-corrected chi connectivity index (χ0v) is 15.5. The van der Waals surface area contributed by atoms with Crippen molar-refractivity contribution in [2.24, 2.45) is 11.8 Å². The van der Waals surface area contributed by atoms with Gasteiger partial charge in [-0.15, -0.1) is 0 Å². The Morgan fingerprint density at radius 2 is 1.37 bits per heavy atom. The van der Waals surface area contributed by atoms with Crippen molar-refractivity contribution in [3.8, 4) is 0 Å². The zero-order chi connectivity index (χ0) is 15.5. The second-order valence-corrected chi connectivity index (χ2v) is 14.7. The van der Waals surface area contributed by atoms with Crippen molar-refractivity contribution in [1.29, 1.82) is 0 Å². The van der Waals surface area contributed by atoms with Crippen LogP contribution in [0.15, 0.2) is 0 Å². The van der Waals surface area contributed by atoms with Crippen LogP contribution in [-0.2, 0) is 10.1 Å². The molecule has 0 aliphatic rings. The average Bonchev–Trinajstić information content (AvgIpc) is 2.09. The molecule has 0 rings (SSSR count). The molecule has 0 aromatic rings. The van der Waals surface area contributed by atoms with Crippen LogP contribution < -0.4 is 0 Å². The highest BCUT2D eigenvalue weighted by Crippen LogP contribution is 2.47. The van der Waals surface area contributed by atoms with E-state index in [-0.39, 0.29) is 10.8 Å². The molecule has 19 heavy (non-hydrogen) atoms. The van der Waals surface area contributed by atoms with E-state index >= 15 is 0 Å². The maximum atomic E-state index is 11.2. The molecule has 0 aliphatic heterocycles. The van der Waals surface area contributed by atoms with Crippen molar-refractivity contribution in [2.75, 3.05) is 5.75 Å². The van der Waals surface area contributed by atoms with Crippen molar-refractivity contribution in [1.82, 2.24) is 0 Å². The van der Waals surface area contributed by atoms with Gasteiger partial charge in [0, 0.05) is 0 Å². The first-order valence-electron chi connectivity index (χ1n) is 7.24. The fourth-order valence-electron chi connectivity index (χ4n) is 3.16. The Hall–Kier alpha value is 0.127. The first-order chi connectivity index (χ1) is 8.29. The van der Waals surface area contributed by atoms with E-state index in [0.717, 1.165) is 12.1 Å². The van der Waals surface area contributed by atoms with Crippen molar-refractivity contribution in [3.63, 3.8) is 0 Å². The molecule has 0 aromatic carbocycles. The Bertz CT molecular complexity index is 357. The summed E-state index contributed by atoms with van der Waals surface area (Å²) in [4.78, 5) is 0. The molecule has 3 nitrogen and oxygen atoms in total. The van der Waals surface area contributed by atoms with Gasteiger partial charge in [0.1, 0.15) is 0 Å². The van der Waals surface area contributed by atoms with Crippen LogP contribution in [0.25, 0.3) is 0 Å². The molecule has 0 spiro atoms. The van der Waals surface area contributed by atoms with Crippen LogP contribution in [0.5, 0.6) is 0 Å². The van der Waals surface area contributed by atoms with Crippen LogP contribution in [0.1, 0.15) is 48.5 Å². The fourth-order valence-corrected chi connectivity index (χ4v) is 11.4. The monoisotopic (exact) mass is 308 g/mol. The van der Waals surface area contributed by atoms with Crippen molar-refractivity contribution in [3.05, 3.63) is 0 Å². The van der Waals surface area contributed by atoms with Crippen LogP contribution in [0.2, 0.25) is 23.2 Å². The summed E-state index contributed by atoms with van der Waals surface area (Å²) >= 11 is 0. The molecule has 0 saturated heterocycles. The second kappa shape index (κ2) is 6.72. The van der Waals surface area contributed by atoms with E-state index in [1.54, 1.807) is 0 Å². The molecule has 5 heteroatoms. The maximum Gasteiger partial charge on any atom is 0.264 e. The van der Waals surface area contributed by atoms with Gasteiger partial charge in [-0.2, -0.15) is 8.42 Å². The molecule has 0 bridgehead atoms. The molecule has 1 N–H and O–H groups in total. The zero-order valence-electron chi connectivity index (χ0n) is 13.7. The summed E-state index contributed by atoms with van der Waals surface area (Å²) in [5.41, 5.74) is 0. The van der Waals surface area contributed by atoms with Gasteiger partial charge in [-0.3, -0.25) is 4.55 Å². The SMILES string of the molecule is CC(C)C[Si](CCS(=O)(=O)O)(CC(C)C)C(C)(C)C. The van der Waals surface area contributed by atoms with Gasteiger partial charge < -0.3 is 0 Å². The Morgan fingerprint density at radius 1 is 1.00 bits per heavy atom. The summed E-state index contributed by atoms with van der Waals surface area (Å²) in [7, 11) is -5.63. The van der Waals surface area contributed by atoms with Crippen LogP contribution in [0.4, 0.5) is 0 Å². The summed E-state index contributed by atoms with van der Waals surface area (Å²) in [6.45, 7) is 15.6. The summed E-state index contributed by atoms with van der Waals surface area (Å²) in [6.07, 6.45) is 0. The Labute approximate surface area is 120 Å². The van der Waals surface area contributed by atoms with E-state index in [0.29, 0.717) is 17.9 Å². The van der Waals surface area contributed by atoms with Gasteiger partial charge in [0.25, 0.3) is 10.1 Å². The lowest BCUT2D eigenvalue weighted by molar-refractivity contribution is 0.483. The third-order valence-corrected chi connectivity index (χ3v) is 12.7. The molecule has 0 heterocycles. The minimum absolute atomic E-state index is 0.0735. The maximum absolute atomic E-state index is 11.2. The summed E-state index contributed by atoms with van der Waals surface area (Å²) < 4.78 is 31.4. The first-order valence-corrected chi connectivity index (χ1v) is 11.5. The molecule has 0 aliphatic carbocycles. The van der Waals surface area contributed by atoms with Gasteiger partial charge >= 0.3 is 0 Å². The first kappa shape index (κ1) is 19.1. The van der Waals surface area contributed by atoms with Crippen LogP contribution >= 0.6 is 0 Å². The quantitative estimate of drug-likeness (QED) is 0.559. The average molecular weight is 309 g/mol. The van der Waals surface area contributed by atoms with Crippen molar-refractivity contribution in [2.45, 2.75) is 71.6 Å². The Kier molecular flexibility index (Phi) is 6.77. The minimum Gasteiger partial charge on any atom is -0.286 e. The summed E-state index contributed by atoms with van der Waals surface area (Å²) in [5.74, 6) is 1.08. The van der Waals surface area contributed by atoms with Crippen LogP contribution in [0, 0.1) is 11.8 Å². The summed E-state index contributed by atoms with van der Waals surface area (Å²) in [5, 5.41) is 0.159. The van der Waals surface area contributed by atoms with Crippen LogP contribution in [0.3, 0.4) is 0 Å². The third-order valence-electron chi connectivity index (χ3n) is 4.03. The Balaban J connectivity index is 5.36. The largest absolute Gasteiger partial charge is 0.286 e. The predicted octanol–water partition coefficient (Wildman–Crippen LogP) is 4.44. The molecule has 0 saturated carbocycles. The number of rotatable bonds is 7. The lowest BCUT2D eigenvalue weighted by atomic mass is 10.2. The van der Waals surface area contributed by atoms with E-state index in [9.17, 15) is 8.42 Å². The van der Waals surface area contributed by atoms with E-state index < -0.39 is 18.2 Å². The van der Waals surface area contributed by atoms with Crippen LogP contribution in [-0.4, -0.2) is 26.8 Å². The molecule has 0 radical (unpaired) electrons. The molecule has 0 unspecified atom stereocenters. The standard InChI is InChI=1S/C14H32O3SSi/c1-12(2)10-19(11-13(3)4,14(5,6)7)9-8-18(15,16)17/h12-13H,8-11H2,1-7H3,(H,15,16,17). The van der Waals surface area contributed by atoms with Gasteiger partial charge in [-0.05, 0) is 22.9 Å². The van der Waals surface area contributed by atoms with E-state index in [4.69, 9.17) is 4.55 Å². The predicted molar refractivity (Wildman–Crippen MR) is 86.0 cm³/mol. The smallest absolute Gasteiger partial charge is 0.264 e. The number of hydrogen-bond donors (Lipinski definition) is 1. The lowest BCUT2D eigenvalue weighted by Crippen LogP contribution is -2.47. The molecule has 0 aromatic heterocycles. The molecule has 0 fully saturated rings. The molecular weight excluding hydrogens is 276 g/mol. The lowest BCUT2D eigenvalue weighted by Gasteiger charge is -2.46. The van der Waals surface area contributed by atoms with E-state index in [1.165, 1.54) is 0 Å². The molecule has 0 atom stereocenters. The highest BCUT2D eigenvalue weighted by atomic mass is 32.2. The van der Waals surface area contributed by atoms with Crippen molar-refractivity contribution >= 4 is 18.2 Å². The molecule has 0 amide bonds. The van der Waals surface area contributed by atoms with E-state index in [1.807, 2.05) is 0 Å². The highest BCUT2D eigenvalue weighted by molar-refractivity contribution is 7.85. The Morgan fingerprint density at radius 3 is 1.58 bits per heavy atom. The minimum atomic E-state index is -3.85. The van der Waals surface area contributed by atoms with Gasteiger partial charge in [0.05, 0.1) is 13.8 Å². The van der Waals surface area contributed by atoms with Gasteiger partial charge in [-0.1, -0.05) is 60.6 Å². The van der Waals surface area contributed by atoms with Gasteiger partial charge in [0.15, 0.2) is 0 Å². The highest BCUT2D eigenvalue weighted by Gasteiger charge is 2.44. The fraction of sp³-hybridized carbons (Fsp3) is 1.00. The normalized spacial score (nSPS) is 14.4. The third kappa shape index (κ3) is 6.91. The molecular formula is C14H32O3SSi. The van der Waals surface area contributed by atoms with Crippen molar-refractivity contribution < 1.29 is 13.0 Å². The summed E-state index contributed by atoms with van der Waals surface area (Å²) in [6, 6.07) is 2.93. The topological polar surface area (TPSA) is 54.4 Å².